The summed E-state index contributed by atoms with van der Waals surface area (Å²) < 4.78 is 0.897. The van der Waals surface area contributed by atoms with Gasteiger partial charge in [0.15, 0.2) is 0 Å². The van der Waals surface area contributed by atoms with Crippen LogP contribution < -0.4 is 5.32 Å². The highest BCUT2D eigenvalue weighted by atomic mass is 79.9. The van der Waals surface area contributed by atoms with Crippen molar-refractivity contribution in [2.75, 3.05) is 32.5 Å². The molecule has 14 heavy (non-hydrogen) atoms. The third kappa shape index (κ3) is 1.91. The zero-order valence-electron chi connectivity index (χ0n) is 8.42. The Morgan fingerprint density at radius 2 is 2.36 bits per heavy atom. The summed E-state index contributed by atoms with van der Waals surface area (Å²) in [6.07, 6.45) is 0. The molecule has 1 aromatic heterocycles. The van der Waals surface area contributed by atoms with Crippen LogP contribution in [0.2, 0.25) is 0 Å². The predicted molar refractivity (Wildman–Crippen MR) is 61.7 cm³/mol. The lowest BCUT2D eigenvalue weighted by Gasteiger charge is -2.15. The number of pyridine rings is 1. The molecule has 0 saturated heterocycles. The van der Waals surface area contributed by atoms with E-state index in [0.29, 0.717) is 5.92 Å². The van der Waals surface area contributed by atoms with Crippen LogP contribution in [0.1, 0.15) is 11.5 Å². The van der Waals surface area contributed by atoms with Gasteiger partial charge in [-0.05, 0) is 36.1 Å². The molecule has 3 nitrogen and oxygen atoms in total. The fourth-order valence-corrected chi connectivity index (χ4v) is 2.16. The van der Waals surface area contributed by atoms with Crippen molar-refractivity contribution in [2.45, 2.75) is 5.92 Å². The molecular weight excluding hydrogens is 242 g/mol. The molecule has 0 fully saturated rings. The summed E-state index contributed by atoms with van der Waals surface area (Å²) in [5.41, 5.74) is 1.34. The van der Waals surface area contributed by atoms with E-state index >= 15 is 0 Å². The summed E-state index contributed by atoms with van der Waals surface area (Å²) in [4.78, 5) is 6.61. The van der Waals surface area contributed by atoms with Crippen LogP contribution in [0.4, 0.5) is 5.82 Å². The molecule has 1 aliphatic rings. The first-order valence-electron chi connectivity index (χ1n) is 4.72. The van der Waals surface area contributed by atoms with E-state index in [0.717, 1.165) is 23.5 Å². The van der Waals surface area contributed by atoms with Crippen molar-refractivity contribution in [1.82, 2.24) is 9.88 Å². The average Bonchev–Trinajstić information content (AvgIpc) is 2.47. The Kier molecular flexibility index (Phi) is 2.74. The molecule has 1 atom stereocenters. The van der Waals surface area contributed by atoms with Gasteiger partial charge in [0.2, 0.25) is 0 Å². The molecule has 0 saturated carbocycles. The standard InChI is InChI=1S/C10H14BrN3/c1-14(2)6-7-5-12-10-8(7)3-4-9(11)13-10/h3-4,7H,5-6H2,1-2H3,(H,12,13). The second kappa shape index (κ2) is 3.87. The molecule has 1 N–H and O–H groups in total. The molecule has 2 heterocycles. The van der Waals surface area contributed by atoms with Gasteiger partial charge >= 0.3 is 0 Å². The van der Waals surface area contributed by atoms with Crippen molar-refractivity contribution in [1.29, 1.82) is 0 Å². The number of aromatic nitrogens is 1. The first kappa shape index (κ1) is 9.93. The van der Waals surface area contributed by atoms with E-state index in [-0.39, 0.29) is 0 Å². The SMILES string of the molecule is CN(C)CC1CNc2nc(Br)ccc21. The molecule has 0 spiro atoms. The van der Waals surface area contributed by atoms with Crippen molar-refractivity contribution < 1.29 is 0 Å². The van der Waals surface area contributed by atoms with E-state index in [1.807, 2.05) is 6.07 Å². The first-order valence-corrected chi connectivity index (χ1v) is 5.51. The monoisotopic (exact) mass is 255 g/mol. The number of nitrogens with one attached hydrogen (secondary N) is 1. The number of likely N-dealkylation sites (N-methyl/N-ethyl adjacent to an activating group) is 1. The van der Waals surface area contributed by atoms with Gasteiger partial charge in [-0.3, -0.25) is 0 Å². The predicted octanol–water partition coefficient (Wildman–Crippen LogP) is 1.91. The molecule has 1 aliphatic heterocycles. The molecule has 4 heteroatoms. The first-order chi connectivity index (χ1) is 6.66. The topological polar surface area (TPSA) is 28.2 Å². The van der Waals surface area contributed by atoms with Gasteiger partial charge in [-0.15, -0.1) is 0 Å². The molecule has 1 unspecified atom stereocenters. The summed E-state index contributed by atoms with van der Waals surface area (Å²) in [6, 6.07) is 4.16. The van der Waals surface area contributed by atoms with Crippen molar-refractivity contribution in [3.63, 3.8) is 0 Å². The van der Waals surface area contributed by atoms with E-state index in [1.54, 1.807) is 0 Å². The summed E-state index contributed by atoms with van der Waals surface area (Å²) in [5, 5.41) is 3.33. The van der Waals surface area contributed by atoms with Gasteiger partial charge in [0.05, 0.1) is 0 Å². The molecule has 1 aromatic rings. The van der Waals surface area contributed by atoms with Crippen molar-refractivity contribution in [3.8, 4) is 0 Å². The van der Waals surface area contributed by atoms with Crippen molar-refractivity contribution >= 4 is 21.7 Å². The lowest BCUT2D eigenvalue weighted by atomic mass is 10.0. The van der Waals surface area contributed by atoms with Crippen molar-refractivity contribution in [2.24, 2.45) is 0 Å². The second-order valence-electron chi connectivity index (χ2n) is 3.91. The molecule has 0 bridgehead atoms. The lowest BCUT2D eigenvalue weighted by Crippen LogP contribution is -2.21. The molecule has 2 rings (SSSR count). The Hall–Kier alpha value is -0.610. The van der Waals surface area contributed by atoms with Crippen LogP contribution in [0.25, 0.3) is 0 Å². The third-order valence-electron chi connectivity index (χ3n) is 2.43. The maximum Gasteiger partial charge on any atom is 0.130 e. The Bertz CT molecular complexity index is 338. The fraction of sp³-hybridized carbons (Fsp3) is 0.500. The van der Waals surface area contributed by atoms with Gasteiger partial charge in [0.25, 0.3) is 0 Å². The Morgan fingerprint density at radius 3 is 3.07 bits per heavy atom. The maximum absolute atomic E-state index is 4.40. The quantitative estimate of drug-likeness (QED) is 0.819. The highest BCUT2D eigenvalue weighted by molar-refractivity contribution is 9.10. The summed E-state index contributed by atoms with van der Waals surface area (Å²) >= 11 is 3.37. The Morgan fingerprint density at radius 1 is 1.57 bits per heavy atom. The molecular formula is C10H14BrN3. The minimum absolute atomic E-state index is 0.570. The highest BCUT2D eigenvalue weighted by Gasteiger charge is 2.23. The lowest BCUT2D eigenvalue weighted by molar-refractivity contribution is 0.383. The van der Waals surface area contributed by atoms with Crippen LogP contribution in [0.15, 0.2) is 16.7 Å². The van der Waals surface area contributed by atoms with Gasteiger partial charge < -0.3 is 10.2 Å². The van der Waals surface area contributed by atoms with Crippen LogP contribution in [-0.4, -0.2) is 37.1 Å². The number of anilines is 1. The van der Waals surface area contributed by atoms with Crippen LogP contribution in [0.5, 0.6) is 0 Å². The molecule has 0 aliphatic carbocycles. The van der Waals surface area contributed by atoms with Gasteiger partial charge in [-0.25, -0.2) is 4.98 Å². The van der Waals surface area contributed by atoms with Crippen LogP contribution in [0.3, 0.4) is 0 Å². The van der Waals surface area contributed by atoms with E-state index in [4.69, 9.17) is 0 Å². The number of hydrogen-bond acceptors (Lipinski definition) is 3. The fourth-order valence-electron chi connectivity index (χ4n) is 1.85. The van der Waals surface area contributed by atoms with Crippen LogP contribution in [0, 0.1) is 0 Å². The van der Waals surface area contributed by atoms with Gasteiger partial charge in [0.1, 0.15) is 10.4 Å². The van der Waals surface area contributed by atoms with Crippen LogP contribution in [-0.2, 0) is 0 Å². The normalized spacial score (nSPS) is 19.6. The largest absolute Gasteiger partial charge is 0.369 e. The van der Waals surface area contributed by atoms with Gasteiger partial charge in [-0.1, -0.05) is 6.07 Å². The average molecular weight is 256 g/mol. The summed E-state index contributed by atoms with van der Waals surface area (Å²) in [7, 11) is 4.20. The Balaban J connectivity index is 2.22. The number of hydrogen-bond donors (Lipinski definition) is 1. The zero-order valence-corrected chi connectivity index (χ0v) is 10.0. The number of nitrogens with zero attached hydrogens (tertiary/aromatic N) is 2. The number of fused-ring (bicyclic) bond motifs is 1. The molecule has 0 amide bonds. The smallest absolute Gasteiger partial charge is 0.130 e. The minimum atomic E-state index is 0.570. The molecule has 0 aromatic carbocycles. The van der Waals surface area contributed by atoms with E-state index < -0.39 is 0 Å². The Labute approximate surface area is 92.6 Å². The van der Waals surface area contributed by atoms with E-state index in [2.05, 4.69) is 51.3 Å². The molecule has 0 radical (unpaired) electrons. The maximum atomic E-state index is 4.40. The van der Waals surface area contributed by atoms with Crippen LogP contribution >= 0.6 is 15.9 Å². The summed E-state index contributed by atoms with van der Waals surface area (Å²) in [6.45, 7) is 2.07. The van der Waals surface area contributed by atoms with Gasteiger partial charge in [-0.2, -0.15) is 0 Å². The summed E-state index contributed by atoms with van der Waals surface area (Å²) in [5.74, 6) is 1.60. The minimum Gasteiger partial charge on any atom is -0.369 e. The van der Waals surface area contributed by atoms with E-state index in [1.165, 1.54) is 5.56 Å². The molecule has 76 valence electrons. The highest BCUT2D eigenvalue weighted by Crippen LogP contribution is 2.31. The number of rotatable bonds is 2. The van der Waals surface area contributed by atoms with Gasteiger partial charge in [0, 0.05) is 24.6 Å². The van der Waals surface area contributed by atoms with Crippen molar-refractivity contribution in [3.05, 3.63) is 22.3 Å². The number of halogens is 1. The zero-order chi connectivity index (χ0) is 10.1. The van der Waals surface area contributed by atoms with E-state index in [9.17, 15) is 0 Å². The second-order valence-corrected chi connectivity index (χ2v) is 4.72. The third-order valence-corrected chi connectivity index (χ3v) is 2.88.